The summed E-state index contributed by atoms with van der Waals surface area (Å²) in [7, 11) is 2.12. The van der Waals surface area contributed by atoms with Gasteiger partial charge in [0, 0.05) is 49.4 Å². The summed E-state index contributed by atoms with van der Waals surface area (Å²) in [6.07, 6.45) is 5.41. The van der Waals surface area contributed by atoms with E-state index < -0.39 is 0 Å². The molecule has 164 valence electrons. The third-order valence-electron chi connectivity index (χ3n) is 7.07. The van der Waals surface area contributed by atoms with Gasteiger partial charge in [-0.05, 0) is 61.2 Å². The van der Waals surface area contributed by atoms with Crippen molar-refractivity contribution in [3.63, 3.8) is 0 Å². The Kier molecular flexibility index (Phi) is 5.19. The highest BCUT2D eigenvalue weighted by molar-refractivity contribution is 5.85. The number of nitrogens with zero attached hydrogens (tertiary/aromatic N) is 4. The molecular formula is C26H27ClN4O. The fourth-order valence-corrected chi connectivity index (χ4v) is 5.44. The van der Waals surface area contributed by atoms with Crippen molar-refractivity contribution in [1.29, 1.82) is 0 Å². The second-order valence-corrected chi connectivity index (χ2v) is 8.89. The van der Waals surface area contributed by atoms with Gasteiger partial charge in [0.1, 0.15) is 11.5 Å². The van der Waals surface area contributed by atoms with Gasteiger partial charge in [0.05, 0.1) is 0 Å². The molecule has 1 atom stereocenters. The van der Waals surface area contributed by atoms with E-state index in [0.717, 1.165) is 29.7 Å². The second kappa shape index (κ2) is 7.91. The first-order chi connectivity index (χ1) is 15.1. The lowest BCUT2D eigenvalue weighted by Gasteiger charge is -2.30. The molecule has 5 nitrogen and oxygen atoms in total. The molecule has 2 aliphatic heterocycles. The molecule has 32 heavy (non-hydrogen) atoms. The van der Waals surface area contributed by atoms with E-state index >= 15 is 0 Å². The van der Waals surface area contributed by atoms with Gasteiger partial charge in [0.15, 0.2) is 0 Å². The highest BCUT2D eigenvalue weighted by Crippen LogP contribution is 2.42. The molecule has 4 aromatic rings. The van der Waals surface area contributed by atoms with Crippen LogP contribution in [0.1, 0.15) is 35.7 Å². The van der Waals surface area contributed by atoms with Gasteiger partial charge in [-0.15, -0.1) is 12.4 Å². The van der Waals surface area contributed by atoms with Crippen molar-refractivity contribution in [3.05, 3.63) is 81.9 Å². The Morgan fingerprint density at radius 1 is 1.00 bits per heavy atom. The van der Waals surface area contributed by atoms with Crippen LogP contribution in [0.4, 0.5) is 0 Å². The Balaban J connectivity index is 0.00000216. The van der Waals surface area contributed by atoms with Crippen LogP contribution in [0, 0.1) is 6.92 Å². The zero-order valence-electron chi connectivity index (χ0n) is 18.4. The van der Waals surface area contributed by atoms with Crippen molar-refractivity contribution in [2.24, 2.45) is 7.05 Å². The lowest BCUT2D eigenvalue weighted by Crippen LogP contribution is -2.31. The Labute approximate surface area is 193 Å². The van der Waals surface area contributed by atoms with Gasteiger partial charge in [0.2, 0.25) is 0 Å². The fourth-order valence-electron chi connectivity index (χ4n) is 5.44. The summed E-state index contributed by atoms with van der Waals surface area (Å²) in [4.78, 5) is 20.5. The van der Waals surface area contributed by atoms with Crippen LogP contribution in [0.25, 0.3) is 28.0 Å². The van der Waals surface area contributed by atoms with Crippen LogP contribution in [0.15, 0.2) is 59.5 Å². The molecule has 0 bridgehead atoms. The van der Waals surface area contributed by atoms with Crippen LogP contribution in [-0.4, -0.2) is 32.1 Å². The topological polar surface area (TPSA) is 43.1 Å². The summed E-state index contributed by atoms with van der Waals surface area (Å²) in [5, 5.41) is 1.24. The maximum Gasteiger partial charge on any atom is 0.256 e. The van der Waals surface area contributed by atoms with Gasteiger partial charge in [-0.3, -0.25) is 14.3 Å². The minimum absolute atomic E-state index is 0. The summed E-state index contributed by atoms with van der Waals surface area (Å²) >= 11 is 0. The van der Waals surface area contributed by atoms with Crippen LogP contribution in [0.2, 0.25) is 0 Å². The predicted molar refractivity (Wildman–Crippen MR) is 131 cm³/mol. The van der Waals surface area contributed by atoms with Crippen molar-refractivity contribution in [1.82, 2.24) is 19.0 Å². The second-order valence-electron chi connectivity index (χ2n) is 8.89. The first-order valence-electron chi connectivity index (χ1n) is 11.1. The molecule has 0 amide bonds. The molecule has 1 unspecified atom stereocenters. The largest absolute Gasteiger partial charge is 0.332 e. The fraction of sp³-hybridized carbons (Fsp3) is 0.308. The van der Waals surface area contributed by atoms with E-state index in [9.17, 15) is 4.79 Å². The minimum Gasteiger partial charge on any atom is -0.332 e. The van der Waals surface area contributed by atoms with Crippen LogP contribution in [0.5, 0.6) is 0 Å². The predicted octanol–water partition coefficient (Wildman–Crippen LogP) is 4.81. The monoisotopic (exact) mass is 446 g/mol. The number of hydrogen-bond donors (Lipinski definition) is 0. The van der Waals surface area contributed by atoms with Crippen LogP contribution >= 0.6 is 12.4 Å². The zero-order chi connectivity index (χ0) is 21.1. The van der Waals surface area contributed by atoms with Crippen molar-refractivity contribution in [2.75, 3.05) is 13.1 Å². The zero-order valence-corrected chi connectivity index (χ0v) is 19.2. The van der Waals surface area contributed by atoms with Gasteiger partial charge in [-0.25, -0.2) is 4.98 Å². The first kappa shape index (κ1) is 21.0. The SMILES string of the molecule is Cc1ccc(-c2ccn(-c3ccc4c5c(n(C)c4n3)CCN3CCCC53)c(=O)c2)cc1.Cl. The minimum atomic E-state index is -0.0640. The molecule has 1 aromatic carbocycles. The number of benzene rings is 1. The molecule has 1 fully saturated rings. The number of fused-ring (bicyclic) bond motifs is 5. The molecule has 2 aliphatic rings. The van der Waals surface area contributed by atoms with E-state index in [1.807, 2.05) is 18.3 Å². The van der Waals surface area contributed by atoms with Crippen LogP contribution in [-0.2, 0) is 13.5 Å². The number of rotatable bonds is 2. The van der Waals surface area contributed by atoms with Gasteiger partial charge < -0.3 is 4.57 Å². The summed E-state index contributed by atoms with van der Waals surface area (Å²) < 4.78 is 3.89. The highest BCUT2D eigenvalue weighted by Gasteiger charge is 2.35. The first-order valence-corrected chi connectivity index (χ1v) is 11.1. The molecule has 0 saturated carbocycles. The molecule has 5 heterocycles. The lowest BCUT2D eigenvalue weighted by molar-refractivity contribution is 0.242. The van der Waals surface area contributed by atoms with E-state index in [-0.39, 0.29) is 18.0 Å². The van der Waals surface area contributed by atoms with Gasteiger partial charge >= 0.3 is 0 Å². The molecule has 0 radical (unpaired) electrons. The van der Waals surface area contributed by atoms with Crippen molar-refractivity contribution in [3.8, 4) is 16.9 Å². The average molecular weight is 447 g/mol. The van der Waals surface area contributed by atoms with E-state index in [4.69, 9.17) is 4.98 Å². The van der Waals surface area contributed by atoms with Gasteiger partial charge in [-0.2, -0.15) is 0 Å². The molecule has 6 rings (SSSR count). The maximum atomic E-state index is 13.0. The average Bonchev–Trinajstić information content (AvgIpc) is 3.37. The summed E-state index contributed by atoms with van der Waals surface area (Å²) in [5.41, 5.74) is 6.97. The van der Waals surface area contributed by atoms with Crippen LogP contribution in [0.3, 0.4) is 0 Å². The standard InChI is InChI=1S/C26H26N4O.ClH/c1-17-5-7-18(8-6-17)19-11-15-30(24(31)16-19)23-10-9-20-25-21(28(2)26(20)27-23)12-14-29-13-3-4-22(25)29;/h5-11,15-16,22H,3-4,12-14H2,1-2H3;1H. The molecule has 0 spiro atoms. The third-order valence-corrected chi connectivity index (χ3v) is 7.07. The lowest BCUT2D eigenvalue weighted by atomic mass is 9.96. The van der Waals surface area contributed by atoms with Gasteiger partial charge in [-0.1, -0.05) is 29.8 Å². The maximum absolute atomic E-state index is 13.0. The number of hydrogen-bond acceptors (Lipinski definition) is 3. The van der Waals surface area contributed by atoms with Crippen molar-refractivity contribution in [2.45, 2.75) is 32.2 Å². The Morgan fingerprint density at radius 3 is 2.59 bits per heavy atom. The van der Waals surface area contributed by atoms with E-state index in [1.165, 1.54) is 41.6 Å². The van der Waals surface area contributed by atoms with Crippen LogP contribution < -0.4 is 5.56 Å². The van der Waals surface area contributed by atoms with E-state index in [0.29, 0.717) is 11.9 Å². The summed E-state index contributed by atoms with van der Waals surface area (Å²) in [6, 6.07) is 16.6. The van der Waals surface area contributed by atoms with Gasteiger partial charge in [0.25, 0.3) is 5.56 Å². The number of aryl methyl sites for hydroxylation is 2. The number of aromatic nitrogens is 3. The molecular weight excluding hydrogens is 420 g/mol. The molecule has 0 aliphatic carbocycles. The Bertz CT molecular complexity index is 1370. The Hall–Kier alpha value is -2.89. The van der Waals surface area contributed by atoms with E-state index in [1.54, 1.807) is 10.6 Å². The normalized spacial score (nSPS) is 17.8. The molecule has 0 N–H and O–H groups in total. The highest BCUT2D eigenvalue weighted by atomic mass is 35.5. The molecule has 6 heteroatoms. The van der Waals surface area contributed by atoms with Crippen molar-refractivity contribution >= 4 is 23.4 Å². The smallest absolute Gasteiger partial charge is 0.256 e. The number of pyridine rings is 2. The number of halogens is 1. The van der Waals surface area contributed by atoms with Crippen molar-refractivity contribution < 1.29 is 0 Å². The summed E-state index contributed by atoms with van der Waals surface area (Å²) in [5.74, 6) is 0.675. The molecule has 3 aromatic heterocycles. The molecule has 1 saturated heterocycles. The Morgan fingerprint density at radius 2 is 1.81 bits per heavy atom. The summed E-state index contributed by atoms with van der Waals surface area (Å²) in [6.45, 7) is 4.40. The third kappa shape index (κ3) is 3.19. The quantitative estimate of drug-likeness (QED) is 0.443. The van der Waals surface area contributed by atoms with E-state index in [2.05, 4.69) is 53.8 Å².